The Bertz CT molecular complexity index is 1090. The quantitative estimate of drug-likeness (QED) is 0.650. The molecule has 4 nitrogen and oxygen atoms in total. The van der Waals surface area contributed by atoms with E-state index in [1.54, 1.807) is 6.07 Å². The average molecular weight is 350 g/mol. The Hall–Kier alpha value is -3.76. The van der Waals surface area contributed by atoms with Gasteiger partial charge in [0.1, 0.15) is 12.2 Å². The van der Waals surface area contributed by atoms with E-state index in [2.05, 4.69) is 53.1 Å². The van der Waals surface area contributed by atoms with E-state index in [-0.39, 0.29) is 6.17 Å². The van der Waals surface area contributed by atoms with E-state index in [4.69, 9.17) is 0 Å². The molecule has 27 heavy (non-hydrogen) atoms. The molecule has 0 aliphatic carbocycles. The highest BCUT2D eigenvalue weighted by Gasteiger charge is 2.35. The van der Waals surface area contributed by atoms with Gasteiger partial charge < -0.3 is 9.80 Å². The van der Waals surface area contributed by atoms with E-state index >= 15 is 0 Å². The summed E-state index contributed by atoms with van der Waals surface area (Å²) in [6.07, 6.45) is 0.0194. The van der Waals surface area contributed by atoms with Crippen LogP contribution in [0, 0.1) is 22.7 Å². The Kier molecular flexibility index (Phi) is 4.03. The van der Waals surface area contributed by atoms with Gasteiger partial charge in [-0.1, -0.05) is 48.5 Å². The van der Waals surface area contributed by atoms with Crippen LogP contribution in [0.15, 0.2) is 66.7 Å². The van der Waals surface area contributed by atoms with E-state index in [0.29, 0.717) is 11.1 Å². The number of hydrogen-bond donors (Lipinski definition) is 0. The summed E-state index contributed by atoms with van der Waals surface area (Å²) in [5, 5.41) is 19.1. The van der Waals surface area contributed by atoms with Crippen molar-refractivity contribution in [2.24, 2.45) is 0 Å². The molecule has 0 saturated heterocycles. The van der Waals surface area contributed by atoms with Gasteiger partial charge in [0.15, 0.2) is 0 Å². The van der Waals surface area contributed by atoms with Gasteiger partial charge in [-0.25, -0.2) is 0 Å². The molecular weight excluding hydrogens is 332 g/mol. The van der Waals surface area contributed by atoms with Crippen molar-refractivity contribution in [2.45, 2.75) is 13.1 Å². The number of rotatable bonds is 2. The van der Waals surface area contributed by atoms with Gasteiger partial charge in [-0.2, -0.15) is 10.5 Å². The van der Waals surface area contributed by atoms with Crippen LogP contribution in [-0.4, -0.2) is 13.2 Å². The fourth-order valence-corrected chi connectivity index (χ4v) is 3.72. The van der Waals surface area contributed by atoms with Crippen LogP contribution < -0.4 is 9.80 Å². The third-order valence-corrected chi connectivity index (χ3v) is 5.14. The first-order valence-corrected chi connectivity index (χ1v) is 8.80. The zero-order valence-electron chi connectivity index (χ0n) is 15.2. The van der Waals surface area contributed by atoms with Crippen molar-refractivity contribution in [3.63, 3.8) is 0 Å². The lowest BCUT2D eigenvalue weighted by molar-refractivity contribution is 0.734. The second-order valence-corrected chi connectivity index (χ2v) is 6.61. The van der Waals surface area contributed by atoms with Crippen molar-refractivity contribution in [3.8, 4) is 23.3 Å². The Morgan fingerprint density at radius 1 is 0.852 bits per heavy atom. The molecule has 3 aromatic carbocycles. The molecule has 0 radical (unpaired) electrons. The van der Waals surface area contributed by atoms with Gasteiger partial charge in [0, 0.05) is 12.6 Å². The maximum absolute atomic E-state index is 9.74. The maximum atomic E-state index is 9.74. The molecular formula is C23H18N4. The van der Waals surface area contributed by atoms with Crippen molar-refractivity contribution in [1.82, 2.24) is 0 Å². The first-order chi connectivity index (χ1) is 13.2. The van der Waals surface area contributed by atoms with Crippen molar-refractivity contribution >= 4 is 17.1 Å². The molecule has 0 saturated carbocycles. The summed E-state index contributed by atoms with van der Waals surface area (Å²) in [5.74, 6) is 0. The highest BCUT2D eigenvalue weighted by Crippen LogP contribution is 2.48. The predicted octanol–water partition coefficient (Wildman–Crippen LogP) is 5.03. The highest BCUT2D eigenvalue weighted by molar-refractivity contribution is 5.93. The van der Waals surface area contributed by atoms with Crippen molar-refractivity contribution in [3.05, 3.63) is 77.9 Å². The molecule has 0 bridgehead atoms. The monoisotopic (exact) mass is 350 g/mol. The van der Waals surface area contributed by atoms with E-state index in [1.165, 1.54) is 0 Å². The molecule has 0 aromatic heterocycles. The van der Waals surface area contributed by atoms with Gasteiger partial charge in [-0.15, -0.1) is 0 Å². The van der Waals surface area contributed by atoms with Crippen LogP contribution in [0.1, 0.15) is 18.1 Å². The van der Waals surface area contributed by atoms with Crippen molar-refractivity contribution in [2.75, 3.05) is 16.8 Å². The number of benzene rings is 3. The van der Waals surface area contributed by atoms with Gasteiger partial charge in [0.2, 0.25) is 0 Å². The summed E-state index contributed by atoms with van der Waals surface area (Å²) in [4.78, 5) is 4.30. The van der Waals surface area contributed by atoms with E-state index in [0.717, 1.165) is 28.2 Å². The van der Waals surface area contributed by atoms with Gasteiger partial charge in [-0.3, -0.25) is 0 Å². The minimum atomic E-state index is 0.0194. The lowest BCUT2D eigenvalue weighted by Gasteiger charge is -2.29. The zero-order valence-corrected chi connectivity index (χ0v) is 15.2. The molecule has 1 aliphatic rings. The molecule has 0 fully saturated rings. The zero-order chi connectivity index (χ0) is 19.0. The third kappa shape index (κ3) is 2.60. The molecule has 0 spiro atoms. The van der Waals surface area contributed by atoms with Gasteiger partial charge in [0.05, 0.1) is 34.3 Å². The summed E-state index contributed by atoms with van der Waals surface area (Å²) in [5.41, 5.74) is 6.06. The van der Waals surface area contributed by atoms with Crippen LogP contribution >= 0.6 is 0 Å². The Balaban J connectivity index is 1.97. The van der Waals surface area contributed by atoms with Crippen molar-refractivity contribution < 1.29 is 0 Å². The fourth-order valence-electron chi connectivity index (χ4n) is 3.72. The number of para-hydroxylation sites is 1. The Morgan fingerprint density at radius 3 is 2.26 bits per heavy atom. The molecule has 1 atom stereocenters. The van der Waals surface area contributed by atoms with Crippen LogP contribution in [-0.2, 0) is 0 Å². The molecule has 130 valence electrons. The normalized spacial score (nSPS) is 15.2. The molecule has 1 heterocycles. The smallest absolute Gasteiger partial charge is 0.103 e. The number of nitrogens with zero attached hydrogens (tertiary/aromatic N) is 4. The number of hydrogen-bond acceptors (Lipinski definition) is 4. The summed E-state index contributed by atoms with van der Waals surface area (Å²) in [6.45, 7) is 2.11. The molecule has 3 aromatic rings. The largest absolute Gasteiger partial charge is 0.352 e. The third-order valence-electron chi connectivity index (χ3n) is 5.14. The summed E-state index contributed by atoms with van der Waals surface area (Å²) < 4.78 is 0. The Morgan fingerprint density at radius 2 is 1.56 bits per heavy atom. The van der Waals surface area contributed by atoms with Crippen molar-refractivity contribution in [1.29, 1.82) is 10.5 Å². The fraction of sp³-hybridized carbons (Fsp3) is 0.130. The topological polar surface area (TPSA) is 54.1 Å². The second kappa shape index (κ2) is 6.52. The van der Waals surface area contributed by atoms with Crippen LogP contribution in [0.3, 0.4) is 0 Å². The van der Waals surface area contributed by atoms with Crippen LogP contribution in [0.25, 0.3) is 11.1 Å². The summed E-state index contributed by atoms with van der Waals surface area (Å²) >= 11 is 0. The summed E-state index contributed by atoms with van der Waals surface area (Å²) in [7, 11) is 2.00. The van der Waals surface area contributed by atoms with Crippen LogP contribution in [0.2, 0.25) is 0 Å². The lowest BCUT2D eigenvalue weighted by atomic mass is 10.0. The number of fused-ring (bicyclic) bond motifs is 1. The minimum absolute atomic E-state index is 0.0194. The van der Waals surface area contributed by atoms with Crippen LogP contribution in [0.5, 0.6) is 0 Å². The molecule has 4 rings (SSSR count). The first-order valence-electron chi connectivity index (χ1n) is 8.80. The Labute approximate surface area is 159 Å². The number of nitriles is 2. The predicted molar refractivity (Wildman–Crippen MR) is 108 cm³/mol. The first kappa shape index (κ1) is 16.7. The summed E-state index contributed by atoms with van der Waals surface area (Å²) in [6, 6.07) is 26.4. The molecule has 0 N–H and O–H groups in total. The minimum Gasteiger partial charge on any atom is -0.352 e. The SMILES string of the molecule is C[C@H]1N(C)c2cc(C#N)cc(C#N)c2N1c1ccccc1-c1ccccc1. The average Bonchev–Trinajstić information content (AvgIpc) is 2.98. The van der Waals surface area contributed by atoms with E-state index in [1.807, 2.05) is 43.4 Å². The van der Waals surface area contributed by atoms with Gasteiger partial charge >= 0.3 is 0 Å². The molecule has 0 amide bonds. The maximum Gasteiger partial charge on any atom is 0.103 e. The lowest BCUT2D eigenvalue weighted by Crippen LogP contribution is -2.36. The van der Waals surface area contributed by atoms with Gasteiger partial charge in [0.25, 0.3) is 0 Å². The van der Waals surface area contributed by atoms with Crippen LogP contribution in [0.4, 0.5) is 17.1 Å². The molecule has 4 heteroatoms. The molecule has 1 aliphatic heterocycles. The number of anilines is 3. The molecule has 0 unspecified atom stereocenters. The standard InChI is InChI=1S/C23H18N4/c1-16-26(2)22-13-17(14-24)12-19(15-25)23(22)27(16)21-11-7-6-10-20(21)18-8-4-3-5-9-18/h3-13,16H,1-2H3/t16-/m0/s1. The highest BCUT2D eigenvalue weighted by atomic mass is 15.4. The van der Waals surface area contributed by atoms with E-state index < -0.39 is 0 Å². The second-order valence-electron chi connectivity index (χ2n) is 6.61. The van der Waals surface area contributed by atoms with E-state index in [9.17, 15) is 10.5 Å². The van der Waals surface area contributed by atoms with Gasteiger partial charge in [-0.05, 0) is 30.7 Å².